The number of aromatic nitrogens is 2. The number of rotatable bonds is 6. The van der Waals surface area contributed by atoms with Crippen molar-refractivity contribution >= 4 is 11.8 Å². The van der Waals surface area contributed by atoms with Gasteiger partial charge in [0.2, 0.25) is 0 Å². The standard InChI is InChI=1S/C16H23N3S/c1-4-14-10-15(19(5-2)18-14)11-20-16-8-6-13(7-9-16)12(3)17/h6-10,12H,4-5,11,17H2,1-3H3. The first-order valence-electron chi connectivity index (χ1n) is 7.18. The van der Waals surface area contributed by atoms with Gasteiger partial charge in [0.25, 0.3) is 0 Å². The van der Waals surface area contributed by atoms with Gasteiger partial charge in [-0.15, -0.1) is 11.8 Å². The van der Waals surface area contributed by atoms with Crippen molar-refractivity contribution in [3.8, 4) is 0 Å². The average Bonchev–Trinajstić information content (AvgIpc) is 2.88. The molecule has 4 heteroatoms. The molecule has 0 aliphatic heterocycles. The van der Waals surface area contributed by atoms with Crippen LogP contribution in [0.2, 0.25) is 0 Å². The van der Waals surface area contributed by atoms with Crippen LogP contribution in [0.1, 0.15) is 43.8 Å². The summed E-state index contributed by atoms with van der Waals surface area (Å²) in [5.74, 6) is 0.957. The molecule has 0 radical (unpaired) electrons. The Morgan fingerprint density at radius 1 is 1.25 bits per heavy atom. The lowest BCUT2D eigenvalue weighted by atomic mass is 10.1. The van der Waals surface area contributed by atoms with Crippen LogP contribution < -0.4 is 5.73 Å². The summed E-state index contributed by atoms with van der Waals surface area (Å²) in [4.78, 5) is 1.27. The first-order chi connectivity index (χ1) is 9.63. The molecule has 0 fully saturated rings. The summed E-state index contributed by atoms with van der Waals surface area (Å²) in [5, 5.41) is 4.58. The molecule has 2 aromatic rings. The summed E-state index contributed by atoms with van der Waals surface area (Å²) in [5.41, 5.74) is 9.52. The molecule has 0 amide bonds. The van der Waals surface area contributed by atoms with Gasteiger partial charge in [-0.05, 0) is 44.0 Å². The van der Waals surface area contributed by atoms with E-state index in [-0.39, 0.29) is 6.04 Å². The minimum absolute atomic E-state index is 0.0997. The summed E-state index contributed by atoms with van der Waals surface area (Å²) >= 11 is 1.85. The maximum atomic E-state index is 5.87. The highest BCUT2D eigenvalue weighted by atomic mass is 32.2. The van der Waals surface area contributed by atoms with Crippen molar-refractivity contribution in [3.63, 3.8) is 0 Å². The van der Waals surface area contributed by atoms with Crippen molar-refractivity contribution in [2.24, 2.45) is 5.73 Å². The second-order valence-corrected chi connectivity index (χ2v) is 5.99. The van der Waals surface area contributed by atoms with Crippen LogP contribution >= 0.6 is 11.8 Å². The van der Waals surface area contributed by atoms with Gasteiger partial charge in [0.05, 0.1) is 5.69 Å². The predicted molar refractivity (Wildman–Crippen MR) is 85.9 cm³/mol. The van der Waals surface area contributed by atoms with E-state index in [0.29, 0.717) is 0 Å². The summed E-state index contributed by atoms with van der Waals surface area (Å²) in [6, 6.07) is 10.8. The number of hydrogen-bond acceptors (Lipinski definition) is 3. The molecule has 108 valence electrons. The summed E-state index contributed by atoms with van der Waals surface area (Å²) in [6.07, 6.45) is 0.994. The van der Waals surface area contributed by atoms with E-state index in [1.54, 1.807) is 0 Å². The van der Waals surface area contributed by atoms with Crippen LogP contribution in [0.5, 0.6) is 0 Å². The Morgan fingerprint density at radius 3 is 2.50 bits per heavy atom. The van der Waals surface area contributed by atoms with Gasteiger partial charge in [-0.3, -0.25) is 4.68 Å². The van der Waals surface area contributed by atoms with Gasteiger partial charge in [-0.2, -0.15) is 5.10 Å². The molecule has 0 aliphatic carbocycles. The quantitative estimate of drug-likeness (QED) is 0.823. The molecule has 1 heterocycles. The Bertz CT molecular complexity index is 543. The Balaban J connectivity index is 2.02. The van der Waals surface area contributed by atoms with Crippen LogP contribution in [0.15, 0.2) is 35.2 Å². The first kappa shape index (κ1) is 15.1. The monoisotopic (exact) mass is 289 g/mol. The number of hydrogen-bond donors (Lipinski definition) is 1. The number of thioether (sulfide) groups is 1. The van der Waals surface area contributed by atoms with E-state index in [4.69, 9.17) is 5.73 Å². The summed E-state index contributed by atoms with van der Waals surface area (Å²) < 4.78 is 2.10. The van der Waals surface area contributed by atoms with E-state index < -0.39 is 0 Å². The van der Waals surface area contributed by atoms with Gasteiger partial charge in [0, 0.05) is 28.9 Å². The van der Waals surface area contributed by atoms with Crippen molar-refractivity contribution < 1.29 is 0 Å². The molecular formula is C16H23N3S. The molecule has 0 aliphatic rings. The Hall–Kier alpha value is -1.26. The van der Waals surface area contributed by atoms with Gasteiger partial charge in [-0.1, -0.05) is 19.1 Å². The summed E-state index contributed by atoms with van der Waals surface area (Å²) in [6.45, 7) is 7.22. The van der Waals surface area contributed by atoms with Crippen LogP contribution in [-0.2, 0) is 18.7 Å². The lowest BCUT2D eigenvalue weighted by molar-refractivity contribution is 0.628. The molecule has 0 saturated heterocycles. The highest BCUT2D eigenvalue weighted by molar-refractivity contribution is 7.98. The number of aryl methyl sites for hydroxylation is 2. The molecule has 2 rings (SSSR count). The Labute approximate surface area is 125 Å². The fraction of sp³-hybridized carbons (Fsp3) is 0.438. The fourth-order valence-corrected chi connectivity index (χ4v) is 2.98. The molecule has 1 atom stereocenters. The van der Waals surface area contributed by atoms with Crippen molar-refractivity contribution in [2.45, 2.75) is 50.4 Å². The van der Waals surface area contributed by atoms with Crippen molar-refractivity contribution in [1.29, 1.82) is 0 Å². The van der Waals surface area contributed by atoms with Crippen LogP contribution in [0.4, 0.5) is 0 Å². The molecule has 3 nitrogen and oxygen atoms in total. The first-order valence-corrected chi connectivity index (χ1v) is 8.16. The molecule has 0 spiro atoms. The van der Waals surface area contributed by atoms with E-state index in [1.807, 2.05) is 18.7 Å². The number of nitrogens with two attached hydrogens (primary N) is 1. The molecule has 0 saturated carbocycles. The minimum Gasteiger partial charge on any atom is -0.324 e. The Kier molecular flexibility index (Phi) is 5.26. The molecule has 2 N–H and O–H groups in total. The highest BCUT2D eigenvalue weighted by Crippen LogP contribution is 2.24. The van der Waals surface area contributed by atoms with Gasteiger partial charge in [0.15, 0.2) is 0 Å². The third kappa shape index (κ3) is 3.64. The maximum absolute atomic E-state index is 5.87. The molecule has 1 aromatic heterocycles. The van der Waals surface area contributed by atoms with Crippen molar-refractivity contribution in [2.75, 3.05) is 0 Å². The lowest BCUT2D eigenvalue weighted by Crippen LogP contribution is -2.04. The molecule has 20 heavy (non-hydrogen) atoms. The van der Waals surface area contributed by atoms with Crippen molar-refractivity contribution in [1.82, 2.24) is 9.78 Å². The fourth-order valence-electron chi connectivity index (χ4n) is 2.10. The average molecular weight is 289 g/mol. The van der Waals surface area contributed by atoms with Crippen LogP contribution in [0, 0.1) is 0 Å². The second kappa shape index (κ2) is 6.95. The number of benzene rings is 1. The van der Waals surface area contributed by atoms with Crippen LogP contribution in [0.25, 0.3) is 0 Å². The molecule has 1 unspecified atom stereocenters. The Morgan fingerprint density at radius 2 is 1.95 bits per heavy atom. The van der Waals surface area contributed by atoms with Gasteiger partial charge in [-0.25, -0.2) is 0 Å². The predicted octanol–water partition coefficient (Wildman–Crippen LogP) is 3.78. The number of nitrogens with zero attached hydrogens (tertiary/aromatic N) is 2. The normalized spacial score (nSPS) is 12.6. The highest BCUT2D eigenvalue weighted by Gasteiger charge is 2.06. The third-order valence-electron chi connectivity index (χ3n) is 3.37. The second-order valence-electron chi connectivity index (χ2n) is 4.94. The van der Waals surface area contributed by atoms with Gasteiger partial charge < -0.3 is 5.73 Å². The third-order valence-corrected chi connectivity index (χ3v) is 4.41. The van der Waals surface area contributed by atoms with E-state index in [1.165, 1.54) is 21.8 Å². The van der Waals surface area contributed by atoms with Crippen molar-refractivity contribution in [3.05, 3.63) is 47.3 Å². The van der Waals surface area contributed by atoms with Crippen LogP contribution in [0.3, 0.4) is 0 Å². The summed E-state index contributed by atoms with van der Waals surface area (Å²) in [7, 11) is 0. The molecule has 0 bridgehead atoms. The largest absolute Gasteiger partial charge is 0.324 e. The van der Waals surface area contributed by atoms with E-state index in [9.17, 15) is 0 Å². The van der Waals surface area contributed by atoms with Gasteiger partial charge >= 0.3 is 0 Å². The zero-order chi connectivity index (χ0) is 14.5. The lowest BCUT2D eigenvalue weighted by Gasteiger charge is -2.07. The molecule has 1 aromatic carbocycles. The van der Waals surface area contributed by atoms with E-state index >= 15 is 0 Å². The SMILES string of the molecule is CCc1cc(CSc2ccc(C(C)N)cc2)n(CC)n1. The van der Waals surface area contributed by atoms with E-state index in [0.717, 1.165) is 18.7 Å². The minimum atomic E-state index is 0.0997. The zero-order valence-corrected chi connectivity index (χ0v) is 13.3. The van der Waals surface area contributed by atoms with Crippen LogP contribution in [-0.4, -0.2) is 9.78 Å². The zero-order valence-electron chi connectivity index (χ0n) is 12.5. The van der Waals surface area contributed by atoms with Gasteiger partial charge in [0.1, 0.15) is 0 Å². The smallest absolute Gasteiger partial charge is 0.0625 e. The maximum Gasteiger partial charge on any atom is 0.0625 e. The molecular weight excluding hydrogens is 266 g/mol. The topological polar surface area (TPSA) is 43.8 Å². The van der Waals surface area contributed by atoms with E-state index in [2.05, 4.69) is 54.0 Å².